The minimum atomic E-state index is -0.193. The zero-order valence-electron chi connectivity index (χ0n) is 17.5. The van der Waals surface area contributed by atoms with Crippen LogP contribution < -0.4 is 9.64 Å². The fourth-order valence-electron chi connectivity index (χ4n) is 3.88. The van der Waals surface area contributed by atoms with Gasteiger partial charge in [0.15, 0.2) is 16.7 Å². The van der Waals surface area contributed by atoms with Crippen LogP contribution in [0.4, 0.5) is 5.69 Å². The van der Waals surface area contributed by atoms with E-state index in [0.717, 1.165) is 17.0 Å². The molecule has 1 aliphatic heterocycles. The molecule has 5 rings (SSSR count). The summed E-state index contributed by atoms with van der Waals surface area (Å²) in [4.78, 5) is 15.4. The highest BCUT2D eigenvalue weighted by atomic mass is 32.2. The fourth-order valence-corrected chi connectivity index (χ4v) is 4.74. The van der Waals surface area contributed by atoms with Crippen LogP contribution in [0.2, 0.25) is 0 Å². The van der Waals surface area contributed by atoms with E-state index < -0.39 is 0 Å². The number of furan rings is 1. The van der Waals surface area contributed by atoms with Gasteiger partial charge in [-0.3, -0.25) is 14.3 Å². The second-order valence-corrected chi connectivity index (χ2v) is 8.23. The monoisotopic (exact) mass is 446 g/mol. The number of hydrogen-bond donors (Lipinski definition) is 0. The van der Waals surface area contributed by atoms with Crippen molar-refractivity contribution in [1.82, 2.24) is 14.8 Å². The minimum absolute atomic E-state index is 0.00944. The van der Waals surface area contributed by atoms with E-state index in [-0.39, 0.29) is 17.7 Å². The topological polar surface area (TPSA) is 73.4 Å². The first-order chi connectivity index (χ1) is 15.8. The van der Waals surface area contributed by atoms with Crippen molar-refractivity contribution in [2.75, 3.05) is 17.3 Å². The molecule has 0 aliphatic carbocycles. The number of para-hydroxylation sites is 2. The summed E-state index contributed by atoms with van der Waals surface area (Å²) in [6.45, 7) is 3.10. The Morgan fingerprint density at radius 3 is 2.66 bits per heavy atom. The van der Waals surface area contributed by atoms with Crippen LogP contribution in [-0.4, -0.2) is 33.0 Å². The molecule has 1 atom stereocenters. The van der Waals surface area contributed by atoms with Gasteiger partial charge in [0.1, 0.15) is 12.4 Å². The van der Waals surface area contributed by atoms with Crippen LogP contribution in [0.25, 0.3) is 11.6 Å². The average Bonchev–Trinajstić information content (AvgIpc) is 3.52. The smallest absolute Gasteiger partial charge is 0.238 e. The molecule has 7 nitrogen and oxygen atoms in total. The Labute approximate surface area is 190 Å². The van der Waals surface area contributed by atoms with Gasteiger partial charge in [-0.1, -0.05) is 54.2 Å². The largest absolute Gasteiger partial charge is 0.489 e. The first-order valence-corrected chi connectivity index (χ1v) is 11.4. The molecule has 8 heteroatoms. The van der Waals surface area contributed by atoms with Crippen LogP contribution >= 0.6 is 11.8 Å². The fraction of sp³-hybridized carbons (Fsp3) is 0.208. The van der Waals surface area contributed by atoms with Crippen molar-refractivity contribution in [3.05, 3.63) is 78.6 Å². The van der Waals surface area contributed by atoms with Gasteiger partial charge in [-0.15, -0.1) is 10.2 Å². The van der Waals surface area contributed by atoms with E-state index in [1.54, 1.807) is 6.26 Å². The maximum Gasteiger partial charge on any atom is 0.238 e. The van der Waals surface area contributed by atoms with Crippen LogP contribution in [0.3, 0.4) is 0 Å². The van der Waals surface area contributed by atoms with Gasteiger partial charge >= 0.3 is 0 Å². The zero-order valence-corrected chi connectivity index (χ0v) is 18.4. The van der Waals surface area contributed by atoms with Crippen molar-refractivity contribution in [2.45, 2.75) is 24.7 Å². The molecule has 0 N–H and O–H groups in total. The van der Waals surface area contributed by atoms with E-state index in [2.05, 4.69) is 10.2 Å². The highest BCUT2D eigenvalue weighted by Crippen LogP contribution is 2.40. The number of ether oxygens (including phenoxy) is 1. The molecule has 0 unspecified atom stereocenters. The number of anilines is 1. The summed E-state index contributed by atoms with van der Waals surface area (Å²) < 4.78 is 13.4. The van der Waals surface area contributed by atoms with Gasteiger partial charge in [-0.25, -0.2) is 0 Å². The standard InChI is InChI=1S/C24H22N4O3S/c1-2-27-23(21-13-8-14-30-21)25-26-24(27)32-16-22(29)28-18-11-6-7-12-20(18)31-15-19(28)17-9-4-3-5-10-17/h3-14,19H,2,15-16H2,1H3/t19-/m1/s1. The second kappa shape index (κ2) is 8.92. The average molecular weight is 447 g/mol. The third kappa shape index (κ3) is 3.78. The Hall–Kier alpha value is -3.52. The molecule has 0 saturated carbocycles. The Kier molecular flexibility index (Phi) is 5.68. The number of fused-ring (bicyclic) bond motifs is 1. The SMILES string of the molecule is CCn1c(SCC(=O)N2c3ccccc3OC[C@@H]2c2ccccc2)nnc1-c1ccco1. The van der Waals surface area contributed by atoms with Crippen molar-refractivity contribution in [1.29, 1.82) is 0 Å². The van der Waals surface area contributed by atoms with E-state index in [1.165, 1.54) is 11.8 Å². The van der Waals surface area contributed by atoms with E-state index in [4.69, 9.17) is 9.15 Å². The minimum Gasteiger partial charge on any atom is -0.489 e. The molecule has 0 bridgehead atoms. The number of benzene rings is 2. The van der Waals surface area contributed by atoms with Gasteiger partial charge in [0.05, 0.1) is 23.7 Å². The molecule has 162 valence electrons. The van der Waals surface area contributed by atoms with E-state index in [9.17, 15) is 4.79 Å². The maximum absolute atomic E-state index is 13.5. The Morgan fingerprint density at radius 2 is 1.88 bits per heavy atom. The molecule has 0 saturated heterocycles. The molecule has 0 fully saturated rings. The van der Waals surface area contributed by atoms with Gasteiger partial charge in [0, 0.05) is 6.54 Å². The Bertz CT molecular complexity index is 1210. The first-order valence-electron chi connectivity index (χ1n) is 10.4. The van der Waals surface area contributed by atoms with E-state index in [0.29, 0.717) is 29.9 Å². The number of aromatic nitrogens is 3. The Balaban J connectivity index is 1.41. The predicted molar refractivity (Wildman–Crippen MR) is 123 cm³/mol. The second-order valence-electron chi connectivity index (χ2n) is 7.29. The number of amides is 1. The van der Waals surface area contributed by atoms with E-state index in [1.807, 2.05) is 83.1 Å². The van der Waals surface area contributed by atoms with Crippen LogP contribution in [0.5, 0.6) is 5.75 Å². The third-order valence-electron chi connectivity index (χ3n) is 5.39. The molecular weight excluding hydrogens is 424 g/mol. The van der Waals surface area contributed by atoms with Crippen molar-refractivity contribution in [2.24, 2.45) is 0 Å². The summed E-state index contributed by atoms with van der Waals surface area (Å²) >= 11 is 1.38. The van der Waals surface area contributed by atoms with Crippen LogP contribution in [0.1, 0.15) is 18.5 Å². The van der Waals surface area contributed by atoms with Gasteiger partial charge in [-0.05, 0) is 36.8 Å². The maximum atomic E-state index is 13.5. The summed E-state index contributed by atoms with van der Waals surface area (Å²) in [5.41, 5.74) is 1.82. The lowest BCUT2D eigenvalue weighted by molar-refractivity contribution is -0.117. The lowest BCUT2D eigenvalue weighted by Crippen LogP contribution is -2.42. The molecule has 2 aromatic heterocycles. The third-order valence-corrected chi connectivity index (χ3v) is 6.34. The molecule has 1 amide bonds. The van der Waals surface area contributed by atoms with Crippen LogP contribution in [0.15, 0.2) is 82.6 Å². The number of carbonyl (C=O) groups excluding carboxylic acids is 1. The molecule has 1 aliphatic rings. The number of carbonyl (C=O) groups is 1. The summed E-state index contributed by atoms with van der Waals surface area (Å²) in [5.74, 6) is 2.25. The number of thioether (sulfide) groups is 1. The van der Waals surface area contributed by atoms with Crippen molar-refractivity contribution in [3.8, 4) is 17.3 Å². The molecular formula is C24H22N4O3S. The lowest BCUT2D eigenvalue weighted by atomic mass is 10.0. The number of hydrogen-bond acceptors (Lipinski definition) is 6. The molecule has 3 heterocycles. The molecule has 32 heavy (non-hydrogen) atoms. The van der Waals surface area contributed by atoms with Crippen molar-refractivity contribution >= 4 is 23.4 Å². The van der Waals surface area contributed by atoms with Gasteiger partial charge < -0.3 is 9.15 Å². The molecule has 0 spiro atoms. The van der Waals surface area contributed by atoms with Crippen molar-refractivity contribution < 1.29 is 13.9 Å². The van der Waals surface area contributed by atoms with Crippen LogP contribution in [0, 0.1) is 0 Å². The van der Waals surface area contributed by atoms with E-state index >= 15 is 0 Å². The first kappa shape index (κ1) is 20.4. The number of nitrogens with zero attached hydrogens (tertiary/aromatic N) is 4. The van der Waals surface area contributed by atoms with Gasteiger partial charge in [0.25, 0.3) is 0 Å². The molecule has 4 aromatic rings. The summed E-state index contributed by atoms with van der Waals surface area (Å²) in [5, 5.41) is 9.26. The highest BCUT2D eigenvalue weighted by Gasteiger charge is 2.33. The zero-order chi connectivity index (χ0) is 21.9. The quantitative estimate of drug-likeness (QED) is 0.396. The lowest BCUT2D eigenvalue weighted by Gasteiger charge is -2.37. The normalized spacial score (nSPS) is 15.3. The van der Waals surface area contributed by atoms with Gasteiger partial charge in [0.2, 0.25) is 5.91 Å². The van der Waals surface area contributed by atoms with Gasteiger partial charge in [-0.2, -0.15) is 0 Å². The van der Waals surface area contributed by atoms with Crippen LogP contribution in [-0.2, 0) is 11.3 Å². The predicted octanol–water partition coefficient (Wildman–Crippen LogP) is 4.82. The summed E-state index contributed by atoms with van der Waals surface area (Å²) in [6.07, 6.45) is 1.61. The molecule has 2 aromatic carbocycles. The highest BCUT2D eigenvalue weighted by molar-refractivity contribution is 7.99. The number of rotatable bonds is 6. The Morgan fingerprint density at radius 1 is 1.06 bits per heavy atom. The summed E-state index contributed by atoms with van der Waals surface area (Å²) in [6, 6.07) is 21.1. The summed E-state index contributed by atoms with van der Waals surface area (Å²) in [7, 11) is 0. The van der Waals surface area contributed by atoms with Crippen molar-refractivity contribution in [3.63, 3.8) is 0 Å². The molecule has 0 radical (unpaired) electrons.